The van der Waals surface area contributed by atoms with Crippen molar-refractivity contribution in [2.75, 3.05) is 4.90 Å². The van der Waals surface area contributed by atoms with Crippen LogP contribution < -0.4 is 4.90 Å². The van der Waals surface area contributed by atoms with Crippen molar-refractivity contribution < 1.29 is 4.42 Å². The molecule has 0 aliphatic rings. The summed E-state index contributed by atoms with van der Waals surface area (Å²) in [7, 11) is 0. The highest BCUT2D eigenvalue weighted by molar-refractivity contribution is 6.12. The van der Waals surface area contributed by atoms with Crippen LogP contribution in [-0.4, -0.2) is 0 Å². The van der Waals surface area contributed by atoms with Gasteiger partial charge < -0.3 is 9.32 Å². The second-order valence-electron chi connectivity index (χ2n) is 14.9. The van der Waals surface area contributed by atoms with Gasteiger partial charge in [0.25, 0.3) is 0 Å². The number of furan rings is 1. The Morgan fingerprint density at radius 2 is 0.845 bits per heavy atom. The lowest BCUT2D eigenvalue weighted by molar-refractivity contribution is 0.669. The molecule has 1 aromatic heterocycles. The zero-order valence-electron chi connectivity index (χ0n) is 31.7. The SMILES string of the molecule is c1ccc(-c2ccc(N(c3ccc(-c4ccc5oc6ccccc6c5c4)cc3)c3cc(-c4cccc5c4ccc4ccccc45)ccc3-c3ccccc3)cc2)cc1. The first-order valence-electron chi connectivity index (χ1n) is 19.8. The minimum Gasteiger partial charge on any atom is -0.456 e. The number of hydrogen-bond acceptors (Lipinski definition) is 2. The summed E-state index contributed by atoms with van der Waals surface area (Å²) < 4.78 is 6.15. The van der Waals surface area contributed by atoms with Gasteiger partial charge >= 0.3 is 0 Å². The van der Waals surface area contributed by atoms with Crippen molar-refractivity contribution in [1.82, 2.24) is 0 Å². The summed E-state index contributed by atoms with van der Waals surface area (Å²) in [6.07, 6.45) is 0. The molecule has 272 valence electrons. The standard InChI is InChI=1S/C56H37NO/c1-3-12-38(13-4-1)39-22-29-45(30-23-39)57(46-31-24-40(25-32-46)43-28-35-56-53(36-43)52-18-9-10-21-55(52)58-56)54-37-44(27-33-49(54)41-14-5-2-6-15-41)48-19-11-20-50-47-17-8-7-16-42(47)26-34-51(48)50/h1-37H. The number of benzene rings is 10. The van der Waals surface area contributed by atoms with Gasteiger partial charge in [-0.05, 0) is 109 Å². The third-order valence-corrected chi connectivity index (χ3v) is 11.5. The molecule has 0 saturated carbocycles. The number of rotatable bonds is 7. The van der Waals surface area contributed by atoms with Crippen molar-refractivity contribution >= 4 is 60.5 Å². The Morgan fingerprint density at radius 1 is 0.276 bits per heavy atom. The summed E-state index contributed by atoms with van der Waals surface area (Å²) in [5.74, 6) is 0. The molecule has 0 bridgehead atoms. The highest BCUT2D eigenvalue weighted by Gasteiger charge is 2.20. The Labute approximate surface area is 337 Å². The molecule has 0 saturated heterocycles. The van der Waals surface area contributed by atoms with E-state index in [1.165, 1.54) is 43.8 Å². The van der Waals surface area contributed by atoms with Crippen molar-refractivity contribution in [2.24, 2.45) is 0 Å². The zero-order chi connectivity index (χ0) is 38.4. The van der Waals surface area contributed by atoms with E-state index in [1.54, 1.807) is 0 Å². The average Bonchev–Trinajstić information content (AvgIpc) is 3.68. The van der Waals surface area contributed by atoms with Gasteiger partial charge in [0, 0.05) is 27.7 Å². The lowest BCUT2D eigenvalue weighted by Gasteiger charge is -2.29. The van der Waals surface area contributed by atoms with E-state index in [0.29, 0.717) is 0 Å². The van der Waals surface area contributed by atoms with Crippen LogP contribution in [0.15, 0.2) is 229 Å². The van der Waals surface area contributed by atoms with E-state index in [-0.39, 0.29) is 0 Å². The summed E-state index contributed by atoms with van der Waals surface area (Å²) in [4.78, 5) is 2.41. The molecule has 0 N–H and O–H groups in total. The Balaban J connectivity index is 1.09. The number of anilines is 3. The molecule has 0 amide bonds. The fraction of sp³-hybridized carbons (Fsp3) is 0. The number of hydrogen-bond donors (Lipinski definition) is 0. The molecule has 0 radical (unpaired) electrons. The molecular weight excluding hydrogens is 703 g/mol. The monoisotopic (exact) mass is 739 g/mol. The normalized spacial score (nSPS) is 11.4. The lowest BCUT2D eigenvalue weighted by Crippen LogP contribution is -2.11. The fourth-order valence-corrected chi connectivity index (χ4v) is 8.61. The van der Waals surface area contributed by atoms with E-state index < -0.39 is 0 Å². The van der Waals surface area contributed by atoms with Gasteiger partial charge in [0.1, 0.15) is 11.2 Å². The maximum atomic E-state index is 6.15. The smallest absolute Gasteiger partial charge is 0.135 e. The van der Waals surface area contributed by atoms with Crippen molar-refractivity contribution in [1.29, 1.82) is 0 Å². The third-order valence-electron chi connectivity index (χ3n) is 11.5. The summed E-state index contributed by atoms with van der Waals surface area (Å²) in [5, 5.41) is 7.28. The molecule has 0 unspecified atom stereocenters. The van der Waals surface area contributed by atoms with E-state index in [9.17, 15) is 0 Å². The van der Waals surface area contributed by atoms with Crippen LogP contribution in [-0.2, 0) is 0 Å². The first-order chi connectivity index (χ1) is 28.7. The van der Waals surface area contributed by atoms with Gasteiger partial charge in [-0.3, -0.25) is 0 Å². The first kappa shape index (κ1) is 33.6. The van der Waals surface area contributed by atoms with Crippen LogP contribution in [0, 0.1) is 0 Å². The van der Waals surface area contributed by atoms with Gasteiger partial charge in [-0.2, -0.15) is 0 Å². The van der Waals surface area contributed by atoms with Crippen molar-refractivity contribution in [2.45, 2.75) is 0 Å². The number of nitrogens with zero attached hydrogens (tertiary/aromatic N) is 1. The third kappa shape index (κ3) is 5.91. The van der Waals surface area contributed by atoms with E-state index >= 15 is 0 Å². The molecule has 0 atom stereocenters. The molecular formula is C56H37NO. The number of fused-ring (bicyclic) bond motifs is 6. The molecule has 11 rings (SSSR count). The Kier molecular flexibility index (Phi) is 8.19. The summed E-state index contributed by atoms with van der Waals surface area (Å²) >= 11 is 0. The minimum atomic E-state index is 0.902. The predicted molar refractivity (Wildman–Crippen MR) is 245 cm³/mol. The van der Waals surface area contributed by atoms with Crippen LogP contribution in [0.25, 0.3) is 88.0 Å². The van der Waals surface area contributed by atoms with Gasteiger partial charge in [-0.15, -0.1) is 0 Å². The van der Waals surface area contributed by atoms with Crippen LogP contribution in [0.5, 0.6) is 0 Å². The highest BCUT2D eigenvalue weighted by Crippen LogP contribution is 2.45. The molecule has 0 aliphatic heterocycles. The van der Waals surface area contributed by atoms with E-state index in [4.69, 9.17) is 4.42 Å². The second-order valence-corrected chi connectivity index (χ2v) is 14.9. The summed E-state index contributed by atoms with van der Waals surface area (Å²) in [6.45, 7) is 0. The van der Waals surface area contributed by atoms with Gasteiger partial charge in [0.15, 0.2) is 0 Å². The van der Waals surface area contributed by atoms with Gasteiger partial charge in [-0.25, -0.2) is 0 Å². The number of para-hydroxylation sites is 1. The Morgan fingerprint density at radius 3 is 1.60 bits per heavy atom. The van der Waals surface area contributed by atoms with Crippen LogP contribution >= 0.6 is 0 Å². The second kappa shape index (κ2) is 14.1. The molecule has 0 spiro atoms. The summed E-state index contributed by atoms with van der Waals surface area (Å²) in [5.41, 5.74) is 14.4. The topological polar surface area (TPSA) is 16.4 Å². The quantitative estimate of drug-likeness (QED) is 0.151. The van der Waals surface area contributed by atoms with Crippen LogP contribution in [0.4, 0.5) is 17.1 Å². The molecule has 0 aliphatic carbocycles. The van der Waals surface area contributed by atoms with E-state index in [2.05, 4.69) is 217 Å². The van der Waals surface area contributed by atoms with Crippen molar-refractivity contribution in [3.63, 3.8) is 0 Å². The minimum absolute atomic E-state index is 0.902. The van der Waals surface area contributed by atoms with Crippen molar-refractivity contribution in [3.8, 4) is 44.5 Å². The lowest BCUT2D eigenvalue weighted by atomic mass is 9.92. The molecule has 11 aromatic rings. The average molecular weight is 740 g/mol. The zero-order valence-corrected chi connectivity index (χ0v) is 31.7. The van der Waals surface area contributed by atoms with Crippen LogP contribution in [0.3, 0.4) is 0 Å². The van der Waals surface area contributed by atoms with Crippen LogP contribution in [0.1, 0.15) is 0 Å². The molecule has 1 heterocycles. The first-order valence-corrected chi connectivity index (χ1v) is 19.8. The predicted octanol–water partition coefficient (Wildman–Crippen LogP) is 16.0. The maximum absolute atomic E-state index is 6.15. The van der Waals surface area contributed by atoms with Crippen LogP contribution in [0.2, 0.25) is 0 Å². The molecule has 2 nitrogen and oxygen atoms in total. The maximum Gasteiger partial charge on any atom is 0.135 e. The summed E-state index contributed by atoms with van der Waals surface area (Å²) in [6, 6.07) is 80.9. The molecule has 2 heteroatoms. The molecule has 58 heavy (non-hydrogen) atoms. The Hall–Kier alpha value is -7.68. The van der Waals surface area contributed by atoms with Crippen molar-refractivity contribution in [3.05, 3.63) is 224 Å². The van der Waals surface area contributed by atoms with E-state index in [1.807, 2.05) is 12.1 Å². The van der Waals surface area contributed by atoms with Gasteiger partial charge in [-0.1, -0.05) is 176 Å². The van der Waals surface area contributed by atoms with Gasteiger partial charge in [0.2, 0.25) is 0 Å². The van der Waals surface area contributed by atoms with E-state index in [0.717, 1.165) is 61.3 Å². The fourth-order valence-electron chi connectivity index (χ4n) is 8.61. The Bertz CT molecular complexity index is 3250. The highest BCUT2D eigenvalue weighted by atomic mass is 16.3. The molecule has 10 aromatic carbocycles. The largest absolute Gasteiger partial charge is 0.456 e. The molecule has 0 fully saturated rings. The van der Waals surface area contributed by atoms with Gasteiger partial charge in [0.05, 0.1) is 5.69 Å².